The van der Waals surface area contributed by atoms with Gasteiger partial charge in [0.15, 0.2) is 0 Å². The number of amides is 1. The minimum absolute atomic E-state index is 0.000642. The maximum Gasteiger partial charge on any atom is 0.266 e. The fraction of sp³-hybridized carbons (Fsp3) is 0.227. The molecule has 0 N–H and O–H groups in total. The van der Waals surface area contributed by atoms with Gasteiger partial charge in [-0.05, 0) is 36.1 Å². The van der Waals surface area contributed by atoms with Gasteiger partial charge in [-0.25, -0.2) is 4.68 Å². The fourth-order valence-electron chi connectivity index (χ4n) is 3.16. The third-order valence-corrected chi connectivity index (χ3v) is 6.92. The van der Waals surface area contributed by atoms with Crippen molar-refractivity contribution in [3.8, 4) is 16.3 Å². The molecule has 1 aliphatic rings. The monoisotopic (exact) mass is 439 g/mol. The number of rotatable bonds is 7. The van der Waals surface area contributed by atoms with E-state index in [1.807, 2.05) is 58.7 Å². The first-order chi connectivity index (χ1) is 14.2. The van der Waals surface area contributed by atoms with E-state index in [4.69, 9.17) is 17.3 Å². The molecule has 0 radical (unpaired) electrons. The van der Waals surface area contributed by atoms with Gasteiger partial charge in [-0.2, -0.15) is 5.10 Å². The molecule has 148 valence electrons. The molecular weight excluding hydrogens is 418 g/mol. The zero-order valence-corrected chi connectivity index (χ0v) is 18.5. The largest absolute Gasteiger partial charge is 0.293 e. The zero-order chi connectivity index (χ0) is 20.2. The number of thioether (sulfide) groups is 1. The first-order valence-corrected chi connectivity index (χ1v) is 11.7. The molecule has 2 aromatic heterocycles. The van der Waals surface area contributed by atoms with Crippen LogP contribution in [0.3, 0.4) is 0 Å². The Morgan fingerprint density at radius 1 is 1.14 bits per heavy atom. The molecule has 1 fully saturated rings. The first-order valence-electron chi connectivity index (χ1n) is 9.61. The molecule has 1 aliphatic heterocycles. The highest BCUT2D eigenvalue weighted by atomic mass is 32.2. The van der Waals surface area contributed by atoms with Crippen LogP contribution < -0.4 is 0 Å². The molecular formula is C22H21N3OS3. The van der Waals surface area contributed by atoms with Crippen molar-refractivity contribution in [3.05, 3.63) is 64.5 Å². The number of para-hydroxylation sites is 1. The Labute approximate surface area is 184 Å². The molecule has 0 unspecified atom stereocenters. The van der Waals surface area contributed by atoms with Crippen molar-refractivity contribution in [1.82, 2.24) is 14.7 Å². The number of thiocarbonyl (C=S) groups is 1. The maximum absolute atomic E-state index is 12.9. The normalized spacial score (nSPS) is 15.6. The molecule has 4 nitrogen and oxygen atoms in total. The van der Waals surface area contributed by atoms with Crippen LogP contribution in [-0.4, -0.2) is 31.5 Å². The lowest BCUT2D eigenvalue weighted by molar-refractivity contribution is -0.122. The van der Waals surface area contributed by atoms with Crippen LogP contribution in [0.25, 0.3) is 22.3 Å². The Kier molecular flexibility index (Phi) is 6.28. The van der Waals surface area contributed by atoms with E-state index in [0.717, 1.165) is 41.1 Å². The van der Waals surface area contributed by atoms with Gasteiger partial charge >= 0.3 is 0 Å². The predicted octanol–water partition coefficient (Wildman–Crippen LogP) is 5.99. The summed E-state index contributed by atoms with van der Waals surface area (Å²) in [4.78, 5) is 16.4. The van der Waals surface area contributed by atoms with E-state index >= 15 is 0 Å². The summed E-state index contributed by atoms with van der Waals surface area (Å²) in [5, 5.41) is 6.84. The lowest BCUT2D eigenvalue weighted by Gasteiger charge is -2.13. The Morgan fingerprint density at radius 3 is 2.69 bits per heavy atom. The van der Waals surface area contributed by atoms with Gasteiger partial charge in [0.25, 0.3) is 5.91 Å². The SMILES string of the molecule is CCCCCN1C(=O)/C(=C/c2cn(-c3ccccc3)nc2-c2cccs2)SC1=S. The van der Waals surface area contributed by atoms with Crippen LogP contribution >= 0.6 is 35.3 Å². The van der Waals surface area contributed by atoms with Crippen molar-refractivity contribution in [2.45, 2.75) is 26.2 Å². The highest BCUT2D eigenvalue weighted by molar-refractivity contribution is 8.26. The molecule has 3 aromatic rings. The quantitative estimate of drug-likeness (QED) is 0.257. The molecule has 7 heteroatoms. The zero-order valence-electron chi connectivity index (χ0n) is 16.1. The third-order valence-electron chi connectivity index (χ3n) is 4.66. The maximum atomic E-state index is 12.9. The van der Waals surface area contributed by atoms with Crippen molar-refractivity contribution in [2.24, 2.45) is 0 Å². The van der Waals surface area contributed by atoms with Gasteiger partial charge in [-0.3, -0.25) is 9.69 Å². The molecule has 0 atom stereocenters. The van der Waals surface area contributed by atoms with E-state index in [1.165, 1.54) is 11.8 Å². The Balaban J connectivity index is 1.68. The van der Waals surface area contributed by atoms with E-state index in [2.05, 4.69) is 13.0 Å². The summed E-state index contributed by atoms with van der Waals surface area (Å²) in [6, 6.07) is 14.1. The van der Waals surface area contributed by atoms with Gasteiger partial charge in [0.1, 0.15) is 10.0 Å². The molecule has 29 heavy (non-hydrogen) atoms. The van der Waals surface area contributed by atoms with Crippen molar-refractivity contribution < 1.29 is 4.79 Å². The molecule has 0 aliphatic carbocycles. The summed E-state index contributed by atoms with van der Waals surface area (Å²) in [6.07, 6.45) is 7.10. The van der Waals surface area contributed by atoms with Crippen LogP contribution in [0, 0.1) is 0 Å². The van der Waals surface area contributed by atoms with Crippen molar-refractivity contribution >= 4 is 51.6 Å². The Hall–Kier alpha value is -2.22. The number of carbonyl (C=O) groups excluding carboxylic acids is 1. The smallest absolute Gasteiger partial charge is 0.266 e. The number of nitrogens with zero attached hydrogens (tertiary/aromatic N) is 3. The second-order valence-electron chi connectivity index (χ2n) is 6.73. The average molecular weight is 440 g/mol. The molecule has 3 heterocycles. The number of aromatic nitrogens is 2. The van der Waals surface area contributed by atoms with Gasteiger partial charge < -0.3 is 0 Å². The van der Waals surface area contributed by atoms with Crippen LogP contribution in [0.15, 0.2) is 58.9 Å². The van der Waals surface area contributed by atoms with Gasteiger partial charge in [-0.1, -0.05) is 68.0 Å². The molecule has 1 aromatic carbocycles. The minimum atomic E-state index is 0.000642. The van der Waals surface area contributed by atoms with E-state index in [9.17, 15) is 4.79 Å². The van der Waals surface area contributed by atoms with Crippen LogP contribution in [-0.2, 0) is 4.79 Å². The summed E-state index contributed by atoms with van der Waals surface area (Å²) in [6.45, 7) is 2.84. The molecule has 1 amide bonds. The lowest BCUT2D eigenvalue weighted by Crippen LogP contribution is -2.28. The van der Waals surface area contributed by atoms with Gasteiger partial charge in [0.2, 0.25) is 0 Å². The van der Waals surface area contributed by atoms with Crippen LogP contribution in [0.1, 0.15) is 31.7 Å². The van der Waals surface area contributed by atoms with Gasteiger partial charge in [0.05, 0.1) is 15.5 Å². The van der Waals surface area contributed by atoms with Crippen molar-refractivity contribution in [1.29, 1.82) is 0 Å². The number of benzene rings is 1. The number of carbonyl (C=O) groups is 1. The van der Waals surface area contributed by atoms with E-state index in [1.54, 1.807) is 16.2 Å². The van der Waals surface area contributed by atoms with Crippen molar-refractivity contribution in [2.75, 3.05) is 6.54 Å². The summed E-state index contributed by atoms with van der Waals surface area (Å²) in [7, 11) is 0. The van der Waals surface area contributed by atoms with Crippen LogP contribution in [0.2, 0.25) is 0 Å². The van der Waals surface area contributed by atoms with E-state index in [0.29, 0.717) is 15.8 Å². The van der Waals surface area contributed by atoms with Crippen molar-refractivity contribution in [3.63, 3.8) is 0 Å². The highest BCUT2D eigenvalue weighted by Crippen LogP contribution is 2.35. The third kappa shape index (κ3) is 4.37. The van der Waals surface area contributed by atoms with Crippen LogP contribution in [0.4, 0.5) is 0 Å². The fourth-order valence-corrected chi connectivity index (χ4v) is 5.20. The Bertz CT molecular complexity index is 1040. The number of unbranched alkanes of at least 4 members (excludes halogenated alkanes) is 2. The van der Waals surface area contributed by atoms with Crippen LogP contribution in [0.5, 0.6) is 0 Å². The summed E-state index contributed by atoms with van der Waals surface area (Å²) in [5.74, 6) is 0.000642. The number of hydrogen-bond donors (Lipinski definition) is 0. The molecule has 0 spiro atoms. The predicted molar refractivity (Wildman–Crippen MR) is 126 cm³/mol. The number of thiophene rings is 1. The molecule has 0 saturated carbocycles. The summed E-state index contributed by atoms with van der Waals surface area (Å²) < 4.78 is 2.51. The Morgan fingerprint density at radius 2 is 1.97 bits per heavy atom. The highest BCUT2D eigenvalue weighted by Gasteiger charge is 2.32. The topological polar surface area (TPSA) is 38.1 Å². The second kappa shape index (κ2) is 9.07. The molecule has 4 rings (SSSR count). The minimum Gasteiger partial charge on any atom is -0.293 e. The first kappa shape index (κ1) is 20.1. The average Bonchev–Trinajstić information content (AvgIpc) is 3.45. The number of hydrogen-bond acceptors (Lipinski definition) is 5. The summed E-state index contributed by atoms with van der Waals surface area (Å²) >= 11 is 8.48. The van der Waals surface area contributed by atoms with E-state index in [-0.39, 0.29) is 5.91 Å². The van der Waals surface area contributed by atoms with E-state index < -0.39 is 0 Å². The molecule has 0 bridgehead atoms. The standard InChI is InChI=1S/C22H21N3OS3/c1-2-3-7-12-24-21(26)19(29-22(24)27)14-16-15-25(17-9-5-4-6-10-17)23-20(16)18-11-8-13-28-18/h4-6,8-11,13-15H,2-3,7,12H2,1H3/b19-14-. The lowest BCUT2D eigenvalue weighted by atomic mass is 10.2. The van der Waals surface area contributed by atoms with Gasteiger partial charge in [0, 0.05) is 18.3 Å². The second-order valence-corrected chi connectivity index (χ2v) is 9.35. The van der Waals surface area contributed by atoms with Gasteiger partial charge in [-0.15, -0.1) is 11.3 Å². The molecule has 1 saturated heterocycles. The summed E-state index contributed by atoms with van der Waals surface area (Å²) in [5.41, 5.74) is 2.78.